The number of carbonyl (C=O) groups is 2. The summed E-state index contributed by atoms with van der Waals surface area (Å²) in [5, 5.41) is 3.39. The Morgan fingerprint density at radius 2 is 1.58 bits per heavy atom. The third-order valence-electron chi connectivity index (χ3n) is 4.94. The molecule has 1 heterocycles. The van der Waals surface area contributed by atoms with Gasteiger partial charge in [-0.3, -0.25) is 9.59 Å². The second-order valence-electron chi connectivity index (χ2n) is 6.74. The van der Waals surface area contributed by atoms with E-state index in [1.807, 2.05) is 73.7 Å². The molecule has 4 rings (SSSR count). The number of carbonyl (C=O) groups excluding carboxylic acids is 2. The molecule has 1 aliphatic rings. The highest BCUT2D eigenvalue weighted by Crippen LogP contribution is 2.42. The van der Waals surface area contributed by atoms with Gasteiger partial charge in [-0.25, -0.2) is 0 Å². The Morgan fingerprint density at radius 1 is 0.923 bits per heavy atom. The van der Waals surface area contributed by atoms with Gasteiger partial charge in [0, 0.05) is 23.2 Å². The Morgan fingerprint density at radius 3 is 2.27 bits per heavy atom. The third-order valence-corrected chi connectivity index (χ3v) is 4.94. The zero-order chi connectivity index (χ0) is 18.1. The maximum Gasteiger partial charge on any atom is 0.195 e. The quantitative estimate of drug-likeness (QED) is 0.695. The molecule has 0 saturated carbocycles. The molecule has 0 bridgehead atoms. The minimum atomic E-state index is -1.07. The van der Waals surface area contributed by atoms with Crippen molar-refractivity contribution in [3.8, 4) is 0 Å². The number of Topliss-reactive ketones (excluding diaryl/α,β-unsaturated/α-hetero) is 2. The summed E-state index contributed by atoms with van der Waals surface area (Å²) in [5.74, 6) is -0.109. The summed E-state index contributed by atoms with van der Waals surface area (Å²) in [6.45, 7) is 1.99. The molecule has 128 valence electrons. The van der Waals surface area contributed by atoms with Crippen molar-refractivity contribution in [3.63, 3.8) is 0 Å². The molecule has 1 aliphatic heterocycles. The lowest BCUT2D eigenvalue weighted by Crippen LogP contribution is -2.40. The number of anilines is 1. The molecule has 0 radical (unpaired) electrons. The minimum Gasteiger partial charge on any atom is -0.368 e. The SMILES string of the molecule is Cc1ccc2c(c1)NC(CC(=O)c1ccccc1)(c1ccccc1)C2=O. The van der Waals surface area contributed by atoms with Crippen molar-refractivity contribution < 1.29 is 9.59 Å². The highest BCUT2D eigenvalue weighted by Gasteiger charge is 2.48. The Hall–Kier alpha value is -3.20. The predicted octanol–water partition coefficient (Wildman–Crippen LogP) is 4.77. The summed E-state index contributed by atoms with van der Waals surface area (Å²) in [5.41, 5.74) is 2.86. The topological polar surface area (TPSA) is 46.2 Å². The van der Waals surface area contributed by atoms with E-state index in [2.05, 4.69) is 5.32 Å². The van der Waals surface area contributed by atoms with Gasteiger partial charge in [0.1, 0.15) is 5.54 Å². The molecule has 1 N–H and O–H groups in total. The van der Waals surface area contributed by atoms with Crippen LogP contribution in [-0.2, 0) is 5.54 Å². The number of rotatable bonds is 4. The lowest BCUT2D eigenvalue weighted by Gasteiger charge is -2.28. The molecule has 0 spiro atoms. The van der Waals surface area contributed by atoms with Gasteiger partial charge in [0.05, 0.1) is 0 Å². The Balaban J connectivity index is 1.80. The van der Waals surface area contributed by atoms with E-state index < -0.39 is 5.54 Å². The van der Waals surface area contributed by atoms with E-state index in [4.69, 9.17) is 0 Å². The van der Waals surface area contributed by atoms with E-state index in [-0.39, 0.29) is 18.0 Å². The van der Waals surface area contributed by atoms with Crippen molar-refractivity contribution in [2.24, 2.45) is 0 Å². The monoisotopic (exact) mass is 341 g/mol. The van der Waals surface area contributed by atoms with Crippen LogP contribution in [0.15, 0.2) is 78.9 Å². The molecule has 1 atom stereocenters. The summed E-state index contributed by atoms with van der Waals surface area (Å²) < 4.78 is 0. The van der Waals surface area contributed by atoms with Gasteiger partial charge in [0.2, 0.25) is 0 Å². The van der Waals surface area contributed by atoms with Crippen LogP contribution in [-0.4, -0.2) is 11.6 Å². The number of aryl methyl sites for hydroxylation is 1. The summed E-state index contributed by atoms with van der Waals surface area (Å²) in [7, 11) is 0. The third kappa shape index (κ3) is 2.62. The second-order valence-corrected chi connectivity index (χ2v) is 6.74. The maximum absolute atomic E-state index is 13.4. The van der Waals surface area contributed by atoms with Crippen molar-refractivity contribution in [2.75, 3.05) is 5.32 Å². The smallest absolute Gasteiger partial charge is 0.195 e. The molecule has 0 amide bonds. The summed E-state index contributed by atoms with van der Waals surface area (Å²) in [4.78, 5) is 26.3. The molecular formula is C23H19NO2. The summed E-state index contributed by atoms with van der Waals surface area (Å²) in [6.07, 6.45) is 0.0770. The highest BCUT2D eigenvalue weighted by atomic mass is 16.1. The van der Waals surface area contributed by atoms with E-state index in [1.165, 1.54) is 0 Å². The molecule has 0 saturated heterocycles. The van der Waals surface area contributed by atoms with Crippen LogP contribution in [0.25, 0.3) is 0 Å². The first-order valence-corrected chi connectivity index (χ1v) is 8.67. The number of hydrogen-bond acceptors (Lipinski definition) is 3. The van der Waals surface area contributed by atoms with Crippen LogP contribution >= 0.6 is 0 Å². The van der Waals surface area contributed by atoms with E-state index in [0.717, 1.165) is 16.8 Å². The maximum atomic E-state index is 13.4. The predicted molar refractivity (Wildman–Crippen MR) is 103 cm³/mol. The number of fused-ring (bicyclic) bond motifs is 1. The van der Waals surface area contributed by atoms with Gasteiger partial charge in [0.25, 0.3) is 0 Å². The van der Waals surface area contributed by atoms with Gasteiger partial charge in [-0.2, -0.15) is 0 Å². The fraction of sp³-hybridized carbons (Fsp3) is 0.130. The van der Waals surface area contributed by atoms with Crippen molar-refractivity contribution in [1.82, 2.24) is 0 Å². The second kappa shape index (κ2) is 6.26. The van der Waals surface area contributed by atoms with Gasteiger partial charge >= 0.3 is 0 Å². The Bertz CT molecular complexity index is 980. The fourth-order valence-electron chi connectivity index (χ4n) is 3.60. The van der Waals surface area contributed by atoms with Gasteiger partial charge in [-0.05, 0) is 30.2 Å². The standard InChI is InChI=1S/C23H19NO2/c1-16-12-13-19-20(14-16)24-23(22(19)26,18-10-6-3-7-11-18)15-21(25)17-8-4-2-5-9-17/h2-14,24H,15H2,1H3. The van der Waals surface area contributed by atoms with Crippen LogP contribution in [0.1, 0.15) is 38.3 Å². The molecule has 0 aromatic heterocycles. The van der Waals surface area contributed by atoms with Crippen LogP contribution in [0.3, 0.4) is 0 Å². The van der Waals surface area contributed by atoms with E-state index in [9.17, 15) is 9.59 Å². The fourth-order valence-corrected chi connectivity index (χ4v) is 3.60. The van der Waals surface area contributed by atoms with Crippen LogP contribution in [0, 0.1) is 6.92 Å². The van der Waals surface area contributed by atoms with Gasteiger partial charge in [0.15, 0.2) is 11.6 Å². The normalized spacial score (nSPS) is 18.3. The molecule has 3 nitrogen and oxygen atoms in total. The number of nitrogens with one attached hydrogen (secondary N) is 1. The molecule has 0 fully saturated rings. The van der Waals surface area contributed by atoms with Gasteiger partial charge < -0.3 is 5.32 Å². The zero-order valence-corrected chi connectivity index (χ0v) is 14.5. The highest BCUT2D eigenvalue weighted by molar-refractivity contribution is 6.16. The molecule has 3 aromatic carbocycles. The minimum absolute atomic E-state index is 0.0528. The van der Waals surface area contributed by atoms with Crippen molar-refractivity contribution in [3.05, 3.63) is 101 Å². The number of benzene rings is 3. The largest absolute Gasteiger partial charge is 0.368 e. The molecule has 3 aromatic rings. The average molecular weight is 341 g/mol. The Kier molecular flexibility index (Phi) is 3.92. The van der Waals surface area contributed by atoms with Crippen LogP contribution in [0.2, 0.25) is 0 Å². The van der Waals surface area contributed by atoms with Gasteiger partial charge in [-0.15, -0.1) is 0 Å². The molecule has 0 aliphatic carbocycles. The average Bonchev–Trinajstić information content (AvgIpc) is 2.95. The first-order valence-electron chi connectivity index (χ1n) is 8.67. The van der Waals surface area contributed by atoms with Crippen LogP contribution in [0.5, 0.6) is 0 Å². The first kappa shape index (κ1) is 16.3. The lowest BCUT2D eigenvalue weighted by atomic mass is 9.80. The number of ketones is 2. The lowest BCUT2D eigenvalue weighted by molar-refractivity contribution is 0.0846. The van der Waals surface area contributed by atoms with Crippen molar-refractivity contribution >= 4 is 17.3 Å². The number of hydrogen-bond donors (Lipinski definition) is 1. The van der Waals surface area contributed by atoms with E-state index in [1.54, 1.807) is 12.1 Å². The van der Waals surface area contributed by atoms with Crippen LogP contribution in [0.4, 0.5) is 5.69 Å². The molecule has 26 heavy (non-hydrogen) atoms. The molecular weight excluding hydrogens is 322 g/mol. The van der Waals surface area contributed by atoms with Gasteiger partial charge in [-0.1, -0.05) is 66.7 Å². The molecule has 3 heteroatoms. The van der Waals surface area contributed by atoms with Crippen LogP contribution < -0.4 is 5.32 Å². The summed E-state index contributed by atoms with van der Waals surface area (Å²) in [6, 6.07) is 24.4. The Labute approximate surface area is 152 Å². The van der Waals surface area contributed by atoms with Crippen molar-refractivity contribution in [1.29, 1.82) is 0 Å². The summed E-state index contributed by atoms with van der Waals surface area (Å²) >= 11 is 0. The first-order chi connectivity index (χ1) is 12.6. The van der Waals surface area contributed by atoms with E-state index in [0.29, 0.717) is 11.1 Å². The molecule has 1 unspecified atom stereocenters. The van der Waals surface area contributed by atoms with Crippen molar-refractivity contribution in [2.45, 2.75) is 18.9 Å². The zero-order valence-electron chi connectivity index (χ0n) is 14.5. The van der Waals surface area contributed by atoms with E-state index >= 15 is 0 Å².